The number of hydrogen-bond donors (Lipinski definition) is 1. The SMILES string of the molecule is Cc1cc2c(C#N)c(-c3ccc(S(=O)(=O)N[C@H](C)C(F)(F)F)cn3)n(C3CCC3)c2cn1. The molecule has 1 aliphatic carbocycles. The summed E-state index contributed by atoms with van der Waals surface area (Å²) >= 11 is 0. The fourth-order valence-electron chi connectivity index (χ4n) is 3.75. The molecule has 1 fully saturated rings. The molecule has 0 spiro atoms. The van der Waals surface area contributed by atoms with Crippen LogP contribution < -0.4 is 4.72 Å². The molecule has 1 saturated carbocycles. The smallest absolute Gasteiger partial charge is 0.334 e. The number of nitriles is 1. The van der Waals surface area contributed by atoms with Gasteiger partial charge in [-0.15, -0.1) is 0 Å². The molecule has 1 atom stereocenters. The van der Waals surface area contributed by atoms with E-state index in [0.29, 0.717) is 17.0 Å². The fourth-order valence-corrected chi connectivity index (χ4v) is 4.92. The molecule has 0 aliphatic heterocycles. The highest BCUT2D eigenvalue weighted by Gasteiger charge is 2.39. The van der Waals surface area contributed by atoms with Crippen LogP contribution >= 0.6 is 0 Å². The van der Waals surface area contributed by atoms with Gasteiger partial charge in [-0.05, 0) is 51.3 Å². The van der Waals surface area contributed by atoms with Crippen LogP contribution in [0, 0.1) is 18.3 Å². The molecule has 1 N–H and O–H groups in total. The minimum Gasteiger partial charge on any atom is -0.334 e. The van der Waals surface area contributed by atoms with E-state index in [1.165, 1.54) is 12.1 Å². The minimum atomic E-state index is -4.71. The molecule has 0 bridgehead atoms. The van der Waals surface area contributed by atoms with Gasteiger partial charge in [-0.3, -0.25) is 9.97 Å². The molecule has 3 aromatic rings. The van der Waals surface area contributed by atoms with Gasteiger partial charge in [0.2, 0.25) is 10.0 Å². The third kappa shape index (κ3) is 3.84. The van der Waals surface area contributed by atoms with E-state index in [-0.39, 0.29) is 10.9 Å². The molecule has 0 saturated heterocycles. The lowest BCUT2D eigenvalue weighted by molar-refractivity contribution is -0.147. The summed E-state index contributed by atoms with van der Waals surface area (Å²) < 4.78 is 66.6. The summed E-state index contributed by atoms with van der Waals surface area (Å²) in [5, 5.41) is 10.6. The van der Waals surface area contributed by atoms with Crippen molar-refractivity contribution in [1.82, 2.24) is 19.3 Å². The van der Waals surface area contributed by atoms with Crippen LogP contribution in [-0.2, 0) is 10.0 Å². The van der Waals surface area contributed by atoms with E-state index in [1.54, 1.807) is 10.9 Å². The average molecular weight is 463 g/mol. The summed E-state index contributed by atoms with van der Waals surface area (Å²) in [5.41, 5.74) is 2.88. The fraction of sp³-hybridized carbons (Fsp3) is 0.381. The lowest BCUT2D eigenvalue weighted by Crippen LogP contribution is -2.42. The second-order valence-corrected chi connectivity index (χ2v) is 9.61. The number of pyridine rings is 2. The lowest BCUT2D eigenvalue weighted by atomic mass is 9.92. The summed E-state index contributed by atoms with van der Waals surface area (Å²) in [5.74, 6) is 0. The van der Waals surface area contributed by atoms with E-state index in [1.807, 2.05) is 17.6 Å². The van der Waals surface area contributed by atoms with Gasteiger partial charge in [0, 0.05) is 23.3 Å². The molecular weight excluding hydrogens is 443 g/mol. The standard InChI is InChI=1S/C21H20F3N5O2S/c1-12-8-16-17(9-25)20(29(14-4-3-5-14)19(16)11-26-12)18-7-6-15(10-27-18)32(30,31)28-13(2)21(22,23)24/h6-8,10-11,13-14,28H,3-5H2,1-2H3/t13-/m1/s1. The van der Waals surface area contributed by atoms with Crippen LogP contribution in [0.5, 0.6) is 0 Å². The monoisotopic (exact) mass is 463 g/mol. The summed E-state index contributed by atoms with van der Waals surface area (Å²) in [6.45, 7) is 2.55. The van der Waals surface area contributed by atoms with Crippen LogP contribution in [0.25, 0.3) is 22.3 Å². The van der Waals surface area contributed by atoms with Crippen molar-refractivity contribution in [3.05, 3.63) is 41.9 Å². The Balaban J connectivity index is 1.80. The average Bonchev–Trinajstić information content (AvgIpc) is 2.99. The first kappa shape index (κ1) is 22.2. The predicted molar refractivity (Wildman–Crippen MR) is 111 cm³/mol. The Hall–Kier alpha value is -2.97. The molecule has 0 unspecified atom stereocenters. The Labute approximate surface area is 183 Å². The number of alkyl halides is 3. The first-order valence-corrected chi connectivity index (χ1v) is 11.5. The molecule has 1 aliphatic rings. The zero-order chi connectivity index (χ0) is 23.3. The normalized spacial score (nSPS) is 16.0. The van der Waals surface area contributed by atoms with Crippen LogP contribution in [0.2, 0.25) is 0 Å². The lowest BCUT2D eigenvalue weighted by Gasteiger charge is -2.29. The topological polar surface area (TPSA) is 101 Å². The van der Waals surface area contributed by atoms with E-state index in [2.05, 4.69) is 16.0 Å². The van der Waals surface area contributed by atoms with Crippen molar-refractivity contribution in [3.63, 3.8) is 0 Å². The molecule has 3 heterocycles. The number of fused-ring (bicyclic) bond motifs is 1. The summed E-state index contributed by atoms with van der Waals surface area (Å²) in [6, 6.07) is 4.59. The van der Waals surface area contributed by atoms with E-state index in [4.69, 9.17) is 0 Å². The summed E-state index contributed by atoms with van der Waals surface area (Å²) in [4.78, 5) is 8.19. The molecule has 32 heavy (non-hydrogen) atoms. The number of aryl methyl sites for hydroxylation is 1. The molecule has 0 radical (unpaired) electrons. The number of hydrogen-bond acceptors (Lipinski definition) is 5. The van der Waals surface area contributed by atoms with Crippen LogP contribution in [0.3, 0.4) is 0 Å². The molecule has 0 aromatic carbocycles. The quantitative estimate of drug-likeness (QED) is 0.610. The maximum absolute atomic E-state index is 12.8. The molecular formula is C21H20F3N5O2S. The predicted octanol–water partition coefficient (Wildman–Crippen LogP) is 4.23. The number of nitrogens with zero attached hydrogens (tertiary/aromatic N) is 4. The molecule has 168 valence electrons. The van der Waals surface area contributed by atoms with Gasteiger partial charge in [0.15, 0.2) is 0 Å². The third-order valence-electron chi connectivity index (χ3n) is 5.69. The molecule has 7 nitrogen and oxygen atoms in total. The zero-order valence-corrected chi connectivity index (χ0v) is 18.1. The second-order valence-electron chi connectivity index (χ2n) is 7.90. The Morgan fingerprint density at radius 1 is 1.25 bits per heavy atom. The number of nitrogens with one attached hydrogen (secondary N) is 1. The molecule has 0 amide bonds. The number of rotatable bonds is 5. The minimum absolute atomic E-state index is 0.165. The first-order chi connectivity index (χ1) is 15.0. The van der Waals surface area contributed by atoms with Crippen molar-refractivity contribution in [2.24, 2.45) is 0 Å². The molecule has 4 rings (SSSR count). The van der Waals surface area contributed by atoms with Crippen molar-refractivity contribution >= 4 is 20.9 Å². The Bertz CT molecular complexity index is 1320. The van der Waals surface area contributed by atoms with Crippen molar-refractivity contribution in [2.45, 2.75) is 56.3 Å². The number of halogens is 3. The van der Waals surface area contributed by atoms with Gasteiger partial charge in [0.1, 0.15) is 17.0 Å². The number of aromatic nitrogens is 3. The van der Waals surface area contributed by atoms with Crippen molar-refractivity contribution < 1.29 is 21.6 Å². The second kappa shape index (κ2) is 7.86. The largest absolute Gasteiger partial charge is 0.404 e. The summed E-state index contributed by atoms with van der Waals surface area (Å²) in [6.07, 6.45) is 0.932. The maximum atomic E-state index is 12.8. The third-order valence-corrected chi connectivity index (χ3v) is 7.22. The van der Waals surface area contributed by atoms with Crippen LogP contribution in [0.1, 0.15) is 43.5 Å². The Morgan fingerprint density at radius 2 is 1.97 bits per heavy atom. The molecule has 11 heteroatoms. The number of sulfonamides is 1. The van der Waals surface area contributed by atoms with Gasteiger partial charge in [0.25, 0.3) is 0 Å². The van der Waals surface area contributed by atoms with Crippen molar-refractivity contribution in [2.75, 3.05) is 0 Å². The zero-order valence-electron chi connectivity index (χ0n) is 17.3. The Kier molecular flexibility index (Phi) is 5.46. The first-order valence-electron chi connectivity index (χ1n) is 9.99. The molecule has 3 aromatic heterocycles. The highest BCUT2D eigenvalue weighted by atomic mass is 32.2. The van der Waals surface area contributed by atoms with Gasteiger partial charge in [-0.25, -0.2) is 8.42 Å². The van der Waals surface area contributed by atoms with Crippen molar-refractivity contribution in [3.8, 4) is 17.5 Å². The van der Waals surface area contributed by atoms with Gasteiger partial charge in [-0.2, -0.15) is 23.2 Å². The van der Waals surface area contributed by atoms with Crippen molar-refractivity contribution in [1.29, 1.82) is 5.26 Å². The van der Waals surface area contributed by atoms with E-state index < -0.39 is 22.2 Å². The van der Waals surface area contributed by atoms with E-state index in [9.17, 15) is 26.9 Å². The highest BCUT2D eigenvalue weighted by molar-refractivity contribution is 7.89. The van der Waals surface area contributed by atoms with Gasteiger partial charge in [0.05, 0.1) is 28.7 Å². The summed E-state index contributed by atoms with van der Waals surface area (Å²) in [7, 11) is -4.42. The van der Waals surface area contributed by atoms with Crippen LogP contribution in [-0.4, -0.2) is 35.2 Å². The van der Waals surface area contributed by atoms with Gasteiger partial charge < -0.3 is 4.57 Å². The van der Waals surface area contributed by atoms with E-state index in [0.717, 1.165) is 49.0 Å². The Morgan fingerprint density at radius 3 is 2.50 bits per heavy atom. The highest BCUT2D eigenvalue weighted by Crippen LogP contribution is 2.42. The van der Waals surface area contributed by atoms with Gasteiger partial charge >= 0.3 is 6.18 Å². The maximum Gasteiger partial charge on any atom is 0.404 e. The van der Waals surface area contributed by atoms with Crippen LogP contribution in [0.4, 0.5) is 13.2 Å². The van der Waals surface area contributed by atoms with E-state index >= 15 is 0 Å². The van der Waals surface area contributed by atoms with Gasteiger partial charge in [-0.1, -0.05) is 0 Å². The van der Waals surface area contributed by atoms with Crippen LogP contribution in [0.15, 0.2) is 35.5 Å².